The smallest absolute Gasteiger partial charge is 0.0793 e. The first-order valence-electron chi connectivity index (χ1n) is 7.90. The van der Waals surface area contributed by atoms with Crippen molar-refractivity contribution in [3.8, 4) is 0 Å². The van der Waals surface area contributed by atoms with E-state index in [2.05, 4.69) is 55.4 Å². The minimum absolute atomic E-state index is 0.209. The summed E-state index contributed by atoms with van der Waals surface area (Å²) in [6.07, 6.45) is 0.209. The summed E-state index contributed by atoms with van der Waals surface area (Å²) >= 11 is 0. The first kappa shape index (κ1) is 20.4. The third-order valence-electron chi connectivity index (χ3n) is 2.96. The Hall–Kier alpha value is -1.64. The van der Waals surface area contributed by atoms with Crippen LogP contribution < -0.4 is 0 Å². The van der Waals surface area contributed by atoms with E-state index in [0.29, 0.717) is 0 Å². The van der Waals surface area contributed by atoms with E-state index in [4.69, 9.17) is 4.74 Å². The lowest BCUT2D eigenvalue weighted by atomic mass is 10.1. The van der Waals surface area contributed by atoms with Gasteiger partial charge in [-0.25, -0.2) is 0 Å². The van der Waals surface area contributed by atoms with Crippen molar-refractivity contribution in [1.82, 2.24) is 4.90 Å². The molecule has 122 valence electrons. The Labute approximate surface area is 136 Å². The molecule has 0 bridgehead atoms. The average Bonchev–Trinajstić information content (AvgIpc) is 2.58. The van der Waals surface area contributed by atoms with Crippen LogP contribution >= 0.6 is 0 Å². The molecule has 2 aromatic rings. The summed E-state index contributed by atoms with van der Waals surface area (Å²) in [6.45, 7) is 7.07. The van der Waals surface area contributed by atoms with Gasteiger partial charge in [-0.2, -0.15) is 0 Å². The van der Waals surface area contributed by atoms with Crippen molar-refractivity contribution in [3.05, 3.63) is 71.8 Å². The molecule has 0 fully saturated rings. The zero-order chi connectivity index (χ0) is 16.8. The maximum atomic E-state index is 5.14. The maximum Gasteiger partial charge on any atom is 0.0793 e. The zero-order valence-electron chi connectivity index (χ0n) is 14.9. The molecule has 2 heteroatoms. The molecule has 1 atom stereocenters. The standard InChI is InChI=1S/C9H13N.C9H12O.C2H6/c1-10(2)8-9-6-4-3-5-7-9;1-8(10-2)9-6-4-3-5-7-9;1-2/h3-7H,8H2,1-2H3;3-8H,1-2H3;1-2H3/t;8-;/m.1./s1. The van der Waals surface area contributed by atoms with Crippen LogP contribution in [0.1, 0.15) is 38.0 Å². The molecule has 0 unspecified atom stereocenters. The van der Waals surface area contributed by atoms with Crippen LogP contribution in [0.5, 0.6) is 0 Å². The molecule has 0 aliphatic rings. The highest BCUT2D eigenvalue weighted by Crippen LogP contribution is 2.13. The highest BCUT2D eigenvalue weighted by molar-refractivity contribution is 5.16. The third kappa shape index (κ3) is 9.32. The molecule has 0 aliphatic heterocycles. The first-order chi connectivity index (χ1) is 10.6. The summed E-state index contributed by atoms with van der Waals surface area (Å²) in [5.74, 6) is 0. The SMILES string of the molecule is CC.CN(C)Cc1ccccc1.CO[C@H](C)c1ccccc1. The Morgan fingerprint density at radius 1 is 0.864 bits per heavy atom. The van der Waals surface area contributed by atoms with Crippen LogP contribution in [-0.4, -0.2) is 26.1 Å². The van der Waals surface area contributed by atoms with E-state index in [0.717, 1.165) is 6.54 Å². The van der Waals surface area contributed by atoms with Crippen molar-refractivity contribution in [2.45, 2.75) is 33.4 Å². The number of ether oxygens (including phenoxy) is 1. The van der Waals surface area contributed by atoms with Crippen LogP contribution in [0.4, 0.5) is 0 Å². The monoisotopic (exact) mass is 301 g/mol. The molecule has 2 aromatic carbocycles. The average molecular weight is 301 g/mol. The van der Waals surface area contributed by atoms with Crippen LogP contribution in [0.25, 0.3) is 0 Å². The van der Waals surface area contributed by atoms with Crippen LogP contribution in [0.15, 0.2) is 60.7 Å². The maximum absolute atomic E-state index is 5.14. The lowest BCUT2D eigenvalue weighted by Crippen LogP contribution is -2.10. The quantitative estimate of drug-likeness (QED) is 0.772. The van der Waals surface area contributed by atoms with E-state index >= 15 is 0 Å². The number of hydrogen-bond donors (Lipinski definition) is 0. The largest absolute Gasteiger partial charge is 0.377 e. The van der Waals surface area contributed by atoms with Crippen molar-refractivity contribution in [2.24, 2.45) is 0 Å². The lowest BCUT2D eigenvalue weighted by Gasteiger charge is -2.08. The number of nitrogens with zero attached hydrogens (tertiary/aromatic N) is 1. The lowest BCUT2D eigenvalue weighted by molar-refractivity contribution is 0.119. The van der Waals surface area contributed by atoms with Gasteiger partial charge in [0.25, 0.3) is 0 Å². The highest BCUT2D eigenvalue weighted by atomic mass is 16.5. The predicted octanol–water partition coefficient (Wildman–Crippen LogP) is 5.17. The number of hydrogen-bond acceptors (Lipinski definition) is 2. The van der Waals surface area contributed by atoms with E-state index in [1.54, 1.807) is 7.11 Å². The Morgan fingerprint density at radius 2 is 1.32 bits per heavy atom. The topological polar surface area (TPSA) is 12.5 Å². The third-order valence-corrected chi connectivity index (χ3v) is 2.96. The summed E-state index contributed by atoms with van der Waals surface area (Å²) in [7, 11) is 5.87. The van der Waals surface area contributed by atoms with Gasteiger partial charge < -0.3 is 9.64 Å². The van der Waals surface area contributed by atoms with Gasteiger partial charge in [-0.15, -0.1) is 0 Å². The molecule has 0 aliphatic carbocycles. The van der Waals surface area contributed by atoms with Crippen molar-refractivity contribution < 1.29 is 4.74 Å². The molecule has 2 nitrogen and oxygen atoms in total. The van der Waals surface area contributed by atoms with E-state index < -0.39 is 0 Å². The van der Waals surface area contributed by atoms with Gasteiger partial charge in [0.1, 0.15) is 0 Å². The van der Waals surface area contributed by atoms with Gasteiger partial charge in [0.2, 0.25) is 0 Å². The molecule has 0 saturated carbocycles. The minimum Gasteiger partial charge on any atom is -0.377 e. The summed E-state index contributed by atoms with van der Waals surface area (Å²) in [4.78, 5) is 2.16. The van der Waals surface area contributed by atoms with Gasteiger partial charge in [-0.05, 0) is 32.1 Å². The minimum atomic E-state index is 0.209. The Bertz CT molecular complexity index is 454. The van der Waals surface area contributed by atoms with E-state index in [9.17, 15) is 0 Å². The van der Waals surface area contributed by atoms with Gasteiger partial charge in [0, 0.05) is 13.7 Å². The van der Waals surface area contributed by atoms with Crippen molar-refractivity contribution >= 4 is 0 Å². The predicted molar refractivity (Wildman–Crippen MR) is 97.0 cm³/mol. The molecule has 2 rings (SSSR count). The number of rotatable bonds is 4. The molecule has 0 amide bonds. The summed E-state index contributed by atoms with van der Waals surface area (Å²) in [5, 5.41) is 0. The van der Waals surface area contributed by atoms with Crippen LogP contribution in [0.3, 0.4) is 0 Å². The van der Waals surface area contributed by atoms with Gasteiger partial charge in [0.15, 0.2) is 0 Å². The zero-order valence-corrected chi connectivity index (χ0v) is 14.9. The van der Waals surface area contributed by atoms with Crippen molar-refractivity contribution in [1.29, 1.82) is 0 Å². The van der Waals surface area contributed by atoms with Gasteiger partial charge in [-0.1, -0.05) is 74.5 Å². The molecular weight excluding hydrogens is 270 g/mol. The molecular formula is C20H31NO. The fourth-order valence-electron chi connectivity index (χ4n) is 1.81. The molecule has 0 N–H and O–H groups in total. The molecule has 0 heterocycles. The fraction of sp³-hybridized carbons (Fsp3) is 0.400. The van der Waals surface area contributed by atoms with E-state index in [-0.39, 0.29) is 6.10 Å². The Morgan fingerprint density at radius 3 is 1.73 bits per heavy atom. The highest BCUT2D eigenvalue weighted by Gasteiger charge is 1.99. The second kappa shape index (κ2) is 13.1. The summed E-state index contributed by atoms with van der Waals surface area (Å²) in [6, 6.07) is 20.6. The van der Waals surface area contributed by atoms with Gasteiger partial charge in [-0.3, -0.25) is 0 Å². The normalized spacial score (nSPS) is 10.9. The fourth-order valence-corrected chi connectivity index (χ4v) is 1.81. The molecule has 0 radical (unpaired) electrons. The molecule has 0 spiro atoms. The summed E-state index contributed by atoms with van der Waals surface area (Å²) < 4.78 is 5.14. The van der Waals surface area contributed by atoms with Crippen LogP contribution in [-0.2, 0) is 11.3 Å². The first-order valence-corrected chi connectivity index (χ1v) is 7.90. The van der Waals surface area contributed by atoms with Crippen LogP contribution in [0.2, 0.25) is 0 Å². The molecule has 0 saturated heterocycles. The number of methoxy groups -OCH3 is 1. The Balaban J connectivity index is 0.000000360. The van der Waals surface area contributed by atoms with E-state index in [1.165, 1.54) is 11.1 Å². The second-order valence-electron chi connectivity index (χ2n) is 5.01. The second-order valence-corrected chi connectivity index (χ2v) is 5.01. The molecule has 22 heavy (non-hydrogen) atoms. The van der Waals surface area contributed by atoms with Crippen LogP contribution in [0, 0.1) is 0 Å². The Kier molecular flexibility index (Phi) is 12.1. The number of benzene rings is 2. The van der Waals surface area contributed by atoms with Crippen molar-refractivity contribution in [3.63, 3.8) is 0 Å². The molecule has 0 aromatic heterocycles. The van der Waals surface area contributed by atoms with Gasteiger partial charge >= 0.3 is 0 Å². The van der Waals surface area contributed by atoms with Gasteiger partial charge in [0.05, 0.1) is 6.10 Å². The van der Waals surface area contributed by atoms with E-state index in [1.807, 2.05) is 45.0 Å². The summed E-state index contributed by atoms with van der Waals surface area (Å²) in [5.41, 5.74) is 2.59. The van der Waals surface area contributed by atoms with Crippen molar-refractivity contribution in [2.75, 3.05) is 21.2 Å².